The molecule has 6 heteroatoms. The highest BCUT2D eigenvalue weighted by atomic mass is 19.1. The van der Waals surface area contributed by atoms with Crippen molar-refractivity contribution in [2.24, 2.45) is 5.41 Å². The van der Waals surface area contributed by atoms with Crippen molar-refractivity contribution >= 4 is 5.91 Å². The number of nitrogens with one attached hydrogen (secondary N) is 2. The van der Waals surface area contributed by atoms with E-state index < -0.39 is 12.1 Å². The quantitative estimate of drug-likeness (QED) is 0.599. The maximum atomic E-state index is 14.2. The maximum Gasteiger partial charge on any atom is 0.240 e. The smallest absolute Gasteiger partial charge is 0.240 e. The molecule has 1 saturated heterocycles. The topological polar surface area (TPSA) is 64.6 Å². The Bertz CT molecular complexity index is 823. The molecule has 0 aliphatic carbocycles. The van der Waals surface area contributed by atoms with Crippen LogP contribution in [0.4, 0.5) is 4.39 Å². The summed E-state index contributed by atoms with van der Waals surface area (Å²) < 4.78 is 14.2. The number of carbonyl (C=O) groups is 1. The molecule has 0 radical (unpaired) electrons. The Hall–Kier alpha value is -2.36. The molecule has 0 saturated carbocycles. The molecule has 1 aromatic carbocycles. The predicted octanol–water partition coefficient (Wildman–Crippen LogP) is 2.78. The third kappa shape index (κ3) is 5.84. The zero-order valence-corrected chi connectivity index (χ0v) is 18.6. The molecule has 1 aromatic rings. The van der Waals surface area contributed by atoms with Crippen LogP contribution in [0.5, 0.6) is 0 Å². The molecule has 3 N–H and O–H groups in total. The third-order valence-electron chi connectivity index (χ3n) is 5.30. The Morgan fingerprint density at radius 2 is 2.10 bits per heavy atom. The van der Waals surface area contributed by atoms with Crippen LogP contribution in [0.3, 0.4) is 0 Å². The van der Waals surface area contributed by atoms with Crippen molar-refractivity contribution in [2.75, 3.05) is 6.54 Å². The van der Waals surface area contributed by atoms with E-state index in [-0.39, 0.29) is 42.3 Å². The highest BCUT2D eigenvalue weighted by molar-refractivity contribution is 5.83. The average molecular weight is 416 g/mol. The minimum Gasteiger partial charge on any atom is -0.391 e. The zero-order valence-electron chi connectivity index (χ0n) is 18.6. The first-order chi connectivity index (χ1) is 13.9. The van der Waals surface area contributed by atoms with E-state index in [0.29, 0.717) is 23.2 Å². The molecular formula is C24H34FN3O2. The number of nitrogens with zero attached hydrogens (tertiary/aromatic N) is 1. The van der Waals surface area contributed by atoms with E-state index in [9.17, 15) is 14.3 Å². The van der Waals surface area contributed by atoms with Crippen molar-refractivity contribution in [3.05, 3.63) is 47.4 Å². The molecule has 5 nitrogen and oxygen atoms in total. The van der Waals surface area contributed by atoms with Crippen molar-refractivity contribution in [2.45, 2.75) is 71.8 Å². The van der Waals surface area contributed by atoms with Crippen LogP contribution >= 0.6 is 0 Å². The number of likely N-dealkylation sites (tertiary alicyclic amines) is 1. The normalized spacial score (nSPS) is 20.2. The molecule has 0 spiro atoms. The Labute approximate surface area is 179 Å². The highest BCUT2D eigenvalue weighted by Crippen LogP contribution is 2.28. The van der Waals surface area contributed by atoms with Gasteiger partial charge in [-0.05, 0) is 17.5 Å². The van der Waals surface area contributed by atoms with E-state index in [4.69, 9.17) is 6.42 Å². The second-order valence-electron chi connectivity index (χ2n) is 9.35. The Morgan fingerprint density at radius 3 is 2.63 bits per heavy atom. The van der Waals surface area contributed by atoms with E-state index in [2.05, 4.69) is 23.1 Å². The van der Waals surface area contributed by atoms with Gasteiger partial charge in [0.1, 0.15) is 5.82 Å². The molecule has 0 unspecified atom stereocenters. The van der Waals surface area contributed by atoms with Crippen molar-refractivity contribution in [3.63, 3.8) is 0 Å². The lowest BCUT2D eigenvalue weighted by Crippen LogP contribution is -2.56. The van der Waals surface area contributed by atoms with Crippen LogP contribution in [0.15, 0.2) is 30.5 Å². The molecule has 0 bridgehead atoms. The van der Waals surface area contributed by atoms with Crippen LogP contribution in [0.2, 0.25) is 0 Å². The van der Waals surface area contributed by atoms with Gasteiger partial charge in [-0.2, -0.15) is 0 Å². The van der Waals surface area contributed by atoms with Gasteiger partial charge >= 0.3 is 0 Å². The molecular weight excluding hydrogens is 381 g/mol. The van der Waals surface area contributed by atoms with Crippen molar-refractivity contribution < 1.29 is 14.3 Å². The van der Waals surface area contributed by atoms with Crippen molar-refractivity contribution in [3.8, 4) is 12.3 Å². The first-order valence-electron chi connectivity index (χ1n) is 10.4. The van der Waals surface area contributed by atoms with Gasteiger partial charge in [-0.3, -0.25) is 4.79 Å². The van der Waals surface area contributed by atoms with E-state index >= 15 is 0 Å². The fourth-order valence-corrected chi connectivity index (χ4v) is 3.69. The maximum absolute atomic E-state index is 14.2. The van der Waals surface area contributed by atoms with Gasteiger partial charge in [-0.15, -0.1) is 6.42 Å². The van der Waals surface area contributed by atoms with Gasteiger partial charge in [-0.25, -0.2) is 4.39 Å². The summed E-state index contributed by atoms with van der Waals surface area (Å²) in [6.45, 7) is 14.6. The average Bonchev–Trinajstić information content (AvgIpc) is 3.05. The standard InChI is InChI=1S/C24H34FN3O2/c1-8-17-9-10-18(20(25)11-17)13-26-16(4)21-12-19(29)14-28(21)23(30)22(24(5,6)7)27-15(2)3/h1,9-11,15,19,21-22,26-27,29H,4,12-14H2,2-3,5-7H3/t19-,21+,22-/m1/s1. The Morgan fingerprint density at radius 1 is 1.43 bits per heavy atom. The van der Waals surface area contributed by atoms with Gasteiger partial charge < -0.3 is 20.6 Å². The summed E-state index contributed by atoms with van der Waals surface area (Å²) in [6.07, 6.45) is 5.08. The number of amides is 1. The van der Waals surface area contributed by atoms with Gasteiger partial charge in [0.25, 0.3) is 0 Å². The summed E-state index contributed by atoms with van der Waals surface area (Å²) in [6, 6.07) is 4.02. The Balaban J connectivity index is 2.13. The number of halogens is 1. The van der Waals surface area contributed by atoms with Gasteiger partial charge in [-0.1, -0.05) is 53.2 Å². The van der Waals surface area contributed by atoms with Crippen molar-refractivity contribution in [1.82, 2.24) is 15.5 Å². The first-order valence-corrected chi connectivity index (χ1v) is 10.4. The number of aliphatic hydroxyl groups is 1. The van der Waals surface area contributed by atoms with Crippen LogP contribution in [0.25, 0.3) is 0 Å². The number of rotatable bonds is 7. The molecule has 0 aromatic heterocycles. The molecule has 164 valence electrons. The van der Waals surface area contributed by atoms with Crippen LogP contribution in [0, 0.1) is 23.6 Å². The third-order valence-corrected chi connectivity index (χ3v) is 5.30. The summed E-state index contributed by atoms with van der Waals surface area (Å²) in [7, 11) is 0. The van der Waals surface area contributed by atoms with Gasteiger partial charge in [0.15, 0.2) is 0 Å². The van der Waals surface area contributed by atoms with Crippen LogP contribution in [0.1, 0.15) is 52.2 Å². The second kappa shape index (κ2) is 9.63. The molecule has 2 rings (SSSR count). The summed E-state index contributed by atoms with van der Waals surface area (Å²) in [5.74, 6) is 1.95. The lowest BCUT2D eigenvalue weighted by atomic mass is 9.85. The van der Waals surface area contributed by atoms with Gasteiger partial charge in [0.2, 0.25) is 5.91 Å². The number of hydrogen-bond donors (Lipinski definition) is 3. The van der Waals surface area contributed by atoms with Crippen molar-refractivity contribution in [1.29, 1.82) is 0 Å². The predicted molar refractivity (Wildman–Crippen MR) is 118 cm³/mol. The SMILES string of the molecule is C#Cc1ccc(CNC(=C)[C@@H]2C[C@@H](O)CN2C(=O)[C@@H](NC(C)C)C(C)(C)C)c(F)c1. The van der Waals surface area contributed by atoms with Crippen LogP contribution in [-0.2, 0) is 11.3 Å². The highest BCUT2D eigenvalue weighted by Gasteiger charge is 2.42. The van der Waals surface area contributed by atoms with Gasteiger partial charge in [0.05, 0.1) is 18.2 Å². The fraction of sp³-hybridized carbons (Fsp3) is 0.542. The van der Waals surface area contributed by atoms with Gasteiger partial charge in [0, 0.05) is 42.4 Å². The number of β-amino-alcohol motifs (C(OH)–C–C–N with tert-alkyl or cyclic N) is 1. The number of aliphatic hydroxyl groups excluding tert-OH is 1. The fourth-order valence-electron chi connectivity index (χ4n) is 3.69. The number of carbonyl (C=O) groups excluding carboxylic acids is 1. The first kappa shape index (κ1) is 23.9. The molecule has 30 heavy (non-hydrogen) atoms. The summed E-state index contributed by atoms with van der Waals surface area (Å²) >= 11 is 0. The summed E-state index contributed by atoms with van der Waals surface area (Å²) in [4.78, 5) is 15.1. The van der Waals surface area contributed by atoms with E-state index in [0.717, 1.165) is 0 Å². The minimum absolute atomic E-state index is 0.0646. The van der Waals surface area contributed by atoms with E-state index in [1.807, 2.05) is 34.6 Å². The van der Waals surface area contributed by atoms with E-state index in [1.165, 1.54) is 6.07 Å². The molecule has 1 aliphatic heterocycles. The number of benzene rings is 1. The molecule has 1 amide bonds. The monoisotopic (exact) mass is 415 g/mol. The summed E-state index contributed by atoms with van der Waals surface area (Å²) in [5.41, 5.74) is 1.23. The second-order valence-corrected chi connectivity index (χ2v) is 9.35. The zero-order chi connectivity index (χ0) is 22.6. The van der Waals surface area contributed by atoms with E-state index in [1.54, 1.807) is 17.0 Å². The molecule has 1 fully saturated rings. The summed E-state index contributed by atoms with van der Waals surface area (Å²) in [5, 5.41) is 16.7. The van der Waals surface area contributed by atoms with Crippen LogP contribution < -0.4 is 10.6 Å². The largest absolute Gasteiger partial charge is 0.391 e. The molecule has 3 atom stereocenters. The lowest BCUT2D eigenvalue weighted by Gasteiger charge is -2.37. The molecule has 1 aliphatic rings. The Kier molecular flexibility index (Phi) is 7.68. The lowest BCUT2D eigenvalue weighted by molar-refractivity contribution is -0.137. The molecule has 1 heterocycles. The number of terminal acetylenes is 1. The minimum atomic E-state index is -0.621. The number of hydrogen-bond acceptors (Lipinski definition) is 4. The van der Waals surface area contributed by atoms with Crippen LogP contribution in [-0.4, -0.2) is 46.7 Å².